The van der Waals surface area contributed by atoms with Gasteiger partial charge in [0.1, 0.15) is 5.76 Å². The van der Waals surface area contributed by atoms with Gasteiger partial charge >= 0.3 is 0 Å². The van der Waals surface area contributed by atoms with Crippen molar-refractivity contribution >= 4 is 29.9 Å². The molecule has 2 N–H and O–H groups in total. The van der Waals surface area contributed by atoms with E-state index in [1.54, 1.807) is 6.26 Å². The molecule has 0 aromatic carbocycles. The van der Waals surface area contributed by atoms with Crippen LogP contribution in [0, 0.1) is 11.8 Å². The highest BCUT2D eigenvalue weighted by atomic mass is 127. The second kappa shape index (κ2) is 15.1. The fraction of sp³-hybridized carbons (Fsp3) is 0.783. The van der Waals surface area contributed by atoms with Crippen LogP contribution in [0.3, 0.4) is 0 Å². The number of rotatable bonds is 10. The van der Waals surface area contributed by atoms with Crippen LogP contribution in [0.4, 0.5) is 0 Å². The van der Waals surface area contributed by atoms with Crippen LogP contribution < -0.4 is 10.6 Å². The third kappa shape index (κ3) is 9.56. The third-order valence-corrected chi connectivity index (χ3v) is 6.09. The Morgan fingerprint density at radius 3 is 2.80 bits per heavy atom. The van der Waals surface area contributed by atoms with E-state index in [2.05, 4.69) is 17.6 Å². The molecule has 2 fully saturated rings. The highest BCUT2D eigenvalue weighted by Gasteiger charge is 2.22. The molecule has 2 unspecified atom stereocenters. The largest absolute Gasteiger partial charge is 0.469 e. The molecule has 1 saturated heterocycles. The molecule has 1 saturated carbocycles. The van der Waals surface area contributed by atoms with Gasteiger partial charge in [0.25, 0.3) is 0 Å². The van der Waals surface area contributed by atoms with Crippen molar-refractivity contribution in [2.45, 2.75) is 64.3 Å². The van der Waals surface area contributed by atoms with Gasteiger partial charge in [0.05, 0.1) is 6.26 Å². The summed E-state index contributed by atoms with van der Waals surface area (Å²) in [7, 11) is 0. The molecule has 7 heteroatoms. The minimum absolute atomic E-state index is 0. The van der Waals surface area contributed by atoms with Gasteiger partial charge in [-0.05, 0) is 56.1 Å². The molecule has 2 atom stereocenters. The number of guanidine groups is 1. The van der Waals surface area contributed by atoms with E-state index in [1.165, 1.54) is 25.7 Å². The molecule has 2 heterocycles. The quantitative estimate of drug-likeness (QED) is 0.202. The Kier molecular flexibility index (Phi) is 12.8. The van der Waals surface area contributed by atoms with Crippen molar-refractivity contribution in [3.05, 3.63) is 24.2 Å². The maximum atomic E-state index is 5.87. The van der Waals surface area contributed by atoms with Gasteiger partial charge in [-0.25, -0.2) is 0 Å². The molecule has 0 spiro atoms. The Bertz CT molecular complexity index is 576. The molecule has 1 aliphatic carbocycles. The monoisotopic (exact) mass is 533 g/mol. The summed E-state index contributed by atoms with van der Waals surface area (Å²) in [6.07, 6.45) is 11.0. The maximum Gasteiger partial charge on any atom is 0.191 e. The summed E-state index contributed by atoms with van der Waals surface area (Å²) in [6, 6.07) is 4.47. The first-order chi connectivity index (χ1) is 14.3. The summed E-state index contributed by atoms with van der Waals surface area (Å²) < 4.78 is 16.7. The SMILES string of the molecule is CC1CCCCC1NC(=NCCCOCC1CCOCC1)NCCc1ccco1.I. The maximum absolute atomic E-state index is 5.87. The Hall–Kier alpha value is -0.800. The van der Waals surface area contributed by atoms with Crippen molar-refractivity contribution in [2.24, 2.45) is 16.8 Å². The lowest BCUT2D eigenvalue weighted by Gasteiger charge is -2.31. The molecule has 0 amide bonds. The highest BCUT2D eigenvalue weighted by Crippen LogP contribution is 2.23. The van der Waals surface area contributed by atoms with Gasteiger partial charge in [0.15, 0.2) is 5.96 Å². The Balaban J connectivity index is 0.00000320. The van der Waals surface area contributed by atoms with Gasteiger partial charge in [-0.2, -0.15) is 0 Å². The Morgan fingerprint density at radius 2 is 2.03 bits per heavy atom. The summed E-state index contributed by atoms with van der Waals surface area (Å²) in [4.78, 5) is 4.82. The predicted molar refractivity (Wildman–Crippen MR) is 132 cm³/mol. The van der Waals surface area contributed by atoms with Gasteiger partial charge < -0.3 is 24.5 Å². The third-order valence-electron chi connectivity index (χ3n) is 6.09. The van der Waals surface area contributed by atoms with Crippen molar-refractivity contribution < 1.29 is 13.9 Å². The number of aliphatic imine (C=N–C) groups is 1. The number of ether oxygens (including phenoxy) is 2. The molecular formula is C23H40IN3O3. The number of nitrogens with zero attached hydrogens (tertiary/aromatic N) is 1. The van der Waals surface area contributed by atoms with Gasteiger partial charge in [-0.1, -0.05) is 19.8 Å². The average molecular weight is 533 g/mol. The zero-order valence-corrected chi connectivity index (χ0v) is 20.8. The van der Waals surface area contributed by atoms with E-state index < -0.39 is 0 Å². The van der Waals surface area contributed by atoms with Crippen molar-refractivity contribution in [1.29, 1.82) is 0 Å². The van der Waals surface area contributed by atoms with Crippen LogP contribution >= 0.6 is 24.0 Å². The van der Waals surface area contributed by atoms with E-state index in [9.17, 15) is 0 Å². The first-order valence-corrected chi connectivity index (χ1v) is 11.5. The second-order valence-electron chi connectivity index (χ2n) is 8.48. The van der Waals surface area contributed by atoms with Crippen molar-refractivity contribution in [3.63, 3.8) is 0 Å². The van der Waals surface area contributed by atoms with Crippen LogP contribution in [0.25, 0.3) is 0 Å². The van der Waals surface area contributed by atoms with E-state index in [0.717, 1.165) is 76.9 Å². The van der Waals surface area contributed by atoms with Crippen LogP contribution in [0.15, 0.2) is 27.8 Å². The molecule has 1 aromatic rings. The van der Waals surface area contributed by atoms with Gasteiger partial charge in [0, 0.05) is 52.0 Å². The molecule has 0 bridgehead atoms. The molecule has 30 heavy (non-hydrogen) atoms. The molecule has 1 aliphatic heterocycles. The van der Waals surface area contributed by atoms with E-state index in [-0.39, 0.29) is 24.0 Å². The lowest BCUT2D eigenvalue weighted by Crippen LogP contribution is -2.47. The summed E-state index contributed by atoms with van der Waals surface area (Å²) in [5, 5.41) is 7.17. The van der Waals surface area contributed by atoms with Gasteiger partial charge in [0.2, 0.25) is 0 Å². The summed E-state index contributed by atoms with van der Waals surface area (Å²) >= 11 is 0. The van der Waals surface area contributed by atoms with E-state index in [0.29, 0.717) is 17.9 Å². The van der Waals surface area contributed by atoms with E-state index >= 15 is 0 Å². The van der Waals surface area contributed by atoms with Gasteiger partial charge in [-0.3, -0.25) is 4.99 Å². The Morgan fingerprint density at radius 1 is 1.20 bits per heavy atom. The zero-order valence-electron chi connectivity index (χ0n) is 18.4. The number of furan rings is 1. The number of nitrogens with one attached hydrogen (secondary N) is 2. The first-order valence-electron chi connectivity index (χ1n) is 11.5. The zero-order chi connectivity index (χ0) is 20.2. The minimum Gasteiger partial charge on any atom is -0.469 e. The normalized spacial score (nSPS) is 23.0. The summed E-state index contributed by atoms with van der Waals surface area (Å²) in [6.45, 7) is 7.36. The standard InChI is InChI=1S/C23H39N3O3.HI/c1-19-6-2-3-8-22(19)26-23(25-13-9-21-7-4-15-29-21)24-12-5-14-28-18-20-10-16-27-17-11-20;/h4,7,15,19-20,22H,2-3,5-6,8-14,16-18H2,1H3,(H2,24,25,26);1H. The van der Waals surface area contributed by atoms with Crippen molar-refractivity contribution in [3.8, 4) is 0 Å². The van der Waals surface area contributed by atoms with Crippen LogP contribution in [-0.4, -0.2) is 51.5 Å². The second-order valence-corrected chi connectivity index (χ2v) is 8.48. The minimum atomic E-state index is 0. The first kappa shape index (κ1) is 25.5. The van der Waals surface area contributed by atoms with Crippen LogP contribution in [-0.2, 0) is 15.9 Å². The number of hydrogen-bond donors (Lipinski definition) is 2. The fourth-order valence-corrected chi connectivity index (χ4v) is 4.14. The lowest BCUT2D eigenvalue weighted by atomic mass is 9.86. The molecule has 6 nitrogen and oxygen atoms in total. The van der Waals surface area contributed by atoms with Crippen molar-refractivity contribution in [2.75, 3.05) is 39.5 Å². The smallest absolute Gasteiger partial charge is 0.191 e. The summed E-state index contributed by atoms with van der Waals surface area (Å²) in [5.41, 5.74) is 0. The Labute approximate surface area is 199 Å². The van der Waals surface area contributed by atoms with Crippen molar-refractivity contribution in [1.82, 2.24) is 10.6 Å². The predicted octanol–water partition coefficient (Wildman–Crippen LogP) is 4.39. The molecule has 1 aromatic heterocycles. The molecular weight excluding hydrogens is 493 g/mol. The average Bonchev–Trinajstić information content (AvgIpc) is 3.26. The van der Waals surface area contributed by atoms with Crippen LogP contribution in [0.1, 0.15) is 57.6 Å². The molecule has 3 rings (SSSR count). The highest BCUT2D eigenvalue weighted by molar-refractivity contribution is 14.0. The van der Waals surface area contributed by atoms with Gasteiger partial charge in [-0.15, -0.1) is 24.0 Å². The van der Waals surface area contributed by atoms with E-state index in [4.69, 9.17) is 18.9 Å². The van der Waals surface area contributed by atoms with E-state index in [1.807, 2.05) is 12.1 Å². The van der Waals surface area contributed by atoms with Crippen LogP contribution in [0.5, 0.6) is 0 Å². The molecule has 0 radical (unpaired) electrons. The van der Waals surface area contributed by atoms with Crippen LogP contribution in [0.2, 0.25) is 0 Å². The summed E-state index contributed by atoms with van der Waals surface area (Å²) in [5.74, 6) is 3.30. The molecule has 172 valence electrons. The fourth-order valence-electron chi connectivity index (χ4n) is 4.14. The lowest BCUT2D eigenvalue weighted by molar-refractivity contribution is 0.0205. The molecule has 2 aliphatic rings. The number of hydrogen-bond acceptors (Lipinski definition) is 4. The topological polar surface area (TPSA) is 68.0 Å². The number of halogens is 1.